The Morgan fingerprint density at radius 2 is 1.88 bits per heavy atom. The number of halogens is 2. The maximum atomic E-state index is 14.4. The molecule has 0 radical (unpaired) electrons. The molecule has 1 heterocycles. The van der Waals surface area contributed by atoms with Crippen LogP contribution in [-0.2, 0) is 0 Å². The summed E-state index contributed by atoms with van der Waals surface area (Å²) >= 11 is 0. The average Bonchev–Trinajstić information content (AvgIpc) is 3.60. The first-order valence-electron chi connectivity index (χ1n) is 11.8. The van der Waals surface area contributed by atoms with Gasteiger partial charge in [-0.05, 0) is 55.8 Å². The van der Waals surface area contributed by atoms with Crippen molar-refractivity contribution >= 4 is 29.9 Å². The van der Waals surface area contributed by atoms with Crippen molar-refractivity contribution in [2.45, 2.75) is 39.7 Å². The molecule has 6 nitrogen and oxygen atoms in total. The molecule has 1 aliphatic heterocycles. The van der Waals surface area contributed by atoms with E-state index in [-0.39, 0.29) is 35.8 Å². The quantitative estimate of drug-likeness (QED) is 0.259. The van der Waals surface area contributed by atoms with Crippen LogP contribution in [-0.4, -0.2) is 75.2 Å². The van der Waals surface area contributed by atoms with Gasteiger partial charge in [-0.1, -0.05) is 19.9 Å². The Bertz CT molecular complexity index is 722. The van der Waals surface area contributed by atoms with Crippen molar-refractivity contribution in [3.05, 3.63) is 29.6 Å². The molecular formula is C24H41FIN5O. The van der Waals surface area contributed by atoms with Crippen LogP contribution in [0, 0.1) is 17.7 Å². The van der Waals surface area contributed by atoms with E-state index < -0.39 is 0 Å². The van der Waals surface area contributed by atoms with E-state index in [1.807, 2.05) is 13.0 Å². The molecule has 1 aromatic rings. The minimum absolute atomic E-state index is 0. The van der Waals surface area contributed by atoms with E-state index in [1.54, 1.807) is 19.2 Å². The first kappa shape index (κ1) is 27.1. The van der Waals surface area contributed by atoms with E-state index in [4.69, 9.17) is 4.74 Å². The SMILES string of the molecule is CCN1CCN(CC(C)CNC(=NC)NC(C)c2ccc(OCC3CC3)c(F)c2)CC1.I. The highest BCUT2D eigenvalue weighted by Crippen LogP contribution is 2.30. The smallest absolute Gasteiger partial charge is 0.191 e. The maximum Gasteiger partial charge on any atom is 0.191 e. The zero-order chi connectivity index (χ0) is 22.2. The lowest BCUT2D eigenvalue weighted by Crippen LogP contribution is -2.48. The fourth-order valence-electron chi connectivity index (χ4n) is 3.94. The molecule has 8 heteroatoms. The lowest BCUT2D eigenvalue weighted by atomic mass is 10.1. The lowest BCUT2D eigenvalue weighted by molar-refractivity contribution is 0.124. The molecule has 182 valence electrons. The van der Waals surface area contributed by atoms with Crippen LogP contribution in [0.2, 0.25) is 0 Å². The standard InChI is InChI=1S/C24H40FN5O.HI/c1-5-29-10-12-30(13-11-29)16-18(2)15-27-24(26-4)28-19(3)21-8-9-23(22(25)14-21)31-17-20-6-7-20;/h8-9,14,18-20H,5-7,10-13,15-17H2,1-4H3,(H2,26,27,28);1H. The van der Waals surface area contributed by atoms with E-state index in [0.29, 0.717) is 24.2 Å². The van der Waals surface area contributed by atoms with E-state index in [2.05, 4.69) is 39.3 Å². The number of hydrogen-bond donors (Lipinski definition) is 2. The van der Waals surface area contributed by atoms with E-state index in [1.165, 1.54) is 25.9 Å². The molecule has 2 unspecified atom stereocenters. The summed E-state index contributed by atoms with van der Waals surface area (Å²) in [6, 6.07) is 5.16. The number of nitrogens with one attached hydrogen (secondary N) is 2. The second-order valence-electron chi connectivity index (χ2n) is 9.10. The van der Waals surface area contributed by atoms with Gasteiger partial charge in [0.05, 0.1) is 12.6 Å². The van der Waals surface area contributed by atoms with Crippen molar-refractivity contribution in [3.8, 4) is 5.75 Å². The molecule has 32 heavy (non-hydrogen) atoms. The number of aliphatic imine (C=N–C) groups is 1. The summed E-state index contributed by atoms with van der Waals surface area (Å²) in [6.45, 7) is 14.8. The van der Waals surface area contributed by atoms with Crippen molar-refractivity contribution in [2.24, 2.45) is 16.8 Å². The van der Waals surface area contributed by atoms with Crippen LogP contribution in [0.15, 0.2) is 23.2 Å². The Morgan fingerprint density at radius 1 is 1.19 bits per heavy atom. The Balaban J connectivity index is 0.00000363. The number of hydrogen-bond acceptors (Lipinski definition) is 4. The molecule has 1 saturated carbocycles. The molecule has 2 N–H and O–H groups in total. The third-order valence-corrected chi connectivity index (χ3v) is 6.30. The topological polar surface area (TPSA) is 52.1 Å². The maximum absolute atomic E-state index is 14.4. The summed E-state index contributed by atoms with van der Waals surface area (Å²) in [5, 5.41) is 6.80. The summed E-state index contributed by atoms with van der Waals surface area (Å²) in [6.07, 6.45) is 2.39. The van der Waals surface area contributed by atoms with Crippen LogP contribution < -0.4 is 15.4 Å². The largest absolute Gasteiger partial charge is 0.490 e. The zero-order valence-electron chi connectivity index (χ0n) is 20.1. The summed E-state index contributed by atoms with van der Waals surface area (Å²) in [5.41, 5.74) is 0.876. The van der Waals surface area contributed by atoms with Crippen LogP contribution in [0.4, 0.5) is 4.39 Å². The molecule has 3 rings (SSSR count). The zero-order valence-corrected chi connectivity index (χ0v) is 22.4. The van der Waals surface area contributed by atoms with Gasteiger partial charge in [-0.3, -0.25) is 4.99 Å². The third kappa shape index (κ3) is 8.67. The van der Waals surface area contributed by atoms with Crippen molar-refractivity contribution < 1.29 is 9.13 Å². The normalized spacial score (nSPS) is 19.7. The summed E-state index contributed by atoms with van der Waals surface area (Å²) in [5.74, 6) is 1.91. The number of benzene rings is 1. The highest BCUT2D eigenvalue weighted by molar-refractivity contribution is 14.0. The molecular weight excluding hydrogens is 520 g/mol. The summed E-state index contributed by atoms with van der Waals surface area (Å²) in [4.78, 5) is 9.39. The van der Waals surface area contributed by atoms with Gasteiger partial charge in [-0.25, -0.2) is 4.39 Å². The van der Waals surface area contributed by atoms with Crippen LogP contribution in [0.1, 0.15) is 45.2 Å². The van der Waals surface area contributed by atoms with Crippen LogP contribution >= 0.6 is 24.0 Å². The van der Waals surface area contributed by atoms with Gasteiger partial charge in [-0.15, -0.1) is 24.0 Å². The highest BCUT2D eigenvalue weighted by atomic mass is 127. The van der Waals surface area contributed by atoms with Crippen molar-refractivity contribution in [1.82, 2.24) is 20.4 Å². The van der Waals surface area contributed by atoms with Gasteiger partial charge < -0.3 is 25.2 Å². The highest BCUT2D eigenvalue weighted by Gasteiger charge is 2.23. The van der Waals surface area contributed by atoms with E-state index >= 15 is 0 Å². The molecule has 1 aromatic carbocycles. The molecule has 0 amide bonds. The van der Waals surface area contributed by atoms with Crippen LogP contribution in [0.3, 0.4) is 0 Å². The fraction of sp³-hybridized carbons (Fsp3) is 0.708. The van der Waals surface area contributed by atoms with Gasteiger partial charge in [0, 0.05) is 46.3 Å². The molecule has 0 aromatic heterocycles. The van der Waals surface area contributed by atoms with Crippen molar-refractivity contribution in [2.75, 3.05) is 59.5 Å². The second-order valence-corrected chi connectivity index (χ2v) is 9.10. The van der Waals surface area contributed by atoms with Crippen molar-refractivity contribution in [1.29, 1.82) is 0 Å². The Kier molecular flexibility index (Phi) is 11.5. The molecule has 2 fully saturated rings. The second kappa shape index (κ2) is 13.5. The Morgan fingerprint density at radius 3 is 2.47 bits per heavy atom. The fourth-order valence-corrected chi connectivity index (χ4v) is 3.94. The van der Waals surface area contributed by atoms with E-state index in [0.717, 1.165) is 44.2 Å². The molecule has 1 saturated heterocycles. The average molecular weight is 562 g/mol. The monoisotopic (exact) mass is 561 g/mol. The van der Waals surface area contributed by atoms with Gasteiger partial charge in [0.15, 0.2) is 17.5 Å². The number of nitrogens with zero attached hydrogens (tertiary/aromatic N) is 3. The molecule has 0 bridgehead atoms. The molecule has 2 aliphatic rings. The molecule has 2 atom stereocenters. The van der Waals surface area contributed by atoms with Gasteiger partial charge >= 0.3 is 0 Å². The van der Waals surface area contributed by atoms with Crippen LogP contribution in [0.25, 0.3) is 0 Å². The first-order chi connectivity index (χ1) is 15.0. The number of piperazine rings is 1. The minimum atomic E-state index is -0.300. The Labute approximate surface area is 210 Å². The number of guanidine groups is 1. The van der Waals surface area contributed by atoms with Gasteiger partial charge in [0.2, 0.25) is 0 Å². The van der Waals surface area contributed by atoms with Gasteiger partial charge in [0.1, 0.15) is 0 Å². The Hall–Kier alpha value is -1.13. The molecule has 0 spiro atoms. The summed E-state index contributed by atoms with van der Waals surface area (Å²) < 4.78 is 20.0. The van der Waals surface area contributed by atoms with Crippen molar-refractivity contribution in [3.63, 3.8) is 0 Å². The number of rotatable bonds is 10. The minimum Gasteiger partial charge on any atom is -0.490 e. The number of likely N-dealkylation sites (N-methyl/N-ethyl adjacent to an activating group) is 1. The predicted octanol–water partition coefficient (Wildman–Crippen LogP) is 3.73. The van der Waals surface area contributed by atoms with Crippen LogP contribution in [0.5, 0.6) is 5.75 Å². The van der Waals surface area contributed by atoms with E-state index in [9.17, 15) is 4.39 Å². The predicted molar refractivity (Wildman–Crippen MR) is 141 cm³/mol. The number of ether oxygens (including phenoxy) is 1. The first-order valence-corrected chi connectivity index (χ1v) is 11.8. The molecule has 1 aliphatic carbocycles. The summed E-state index contributed by atoms with van der Waals surface area (Å²) in [7, 11) is 1.77. The van der Waals surface area contributed by atoms with Gasteiger partial charge in [-0.2, -0.15) is 0 Å². The van der Waals surface area contributed by atoms with Gasteiger partial charge in [0.25, 0.3) is 0 Å². The lowest BCUT2D eigenvalue weighted by Gasteiger charge is -2.35. The third-order valence-electron chi connectivity index (χ3n) is 6.30.